The summed E-state index contributed by atoms with van der Waals surface area (Å²) < 4.78 is 17.6. The van der Waals surface area contributed by atoms with Gasteiger partial charge in [0.25, 0.3) is 5.91 Å². The van der Waals surface area contributed by atoms with Gasteiger partial charge in [-0.05, 0) is 57.4 Å². The number of thiazole rings is 1. The number of benzene rings is 2. The summed E-state index contributed by atoms with van der Waals surface area (Å²) in [6.45, 7) is 2.45. The van der Waals surface area contributed by atoms with Gasteiger partial charge in [0.1, 0.15) is 19.0 Å². The molecule has 0 spiro atoms. The number of rotatable bonds is 7. The zero-order valence-corrected chi connectivity index (χ0v) is 18.2. The van der Waals surface area contributed by atoms with Crippen LogP contribution in [0.15, 0.2) is 36.4 Å². The van der Waals surface area contributed by atoms with Gasteiger partial charge in [-0.3, -0.25) is 9.69 Å². The standard InChI is InChI=1S/C22H25N3O4S/c1-24(2)9-4-10-25(22-23-17-14-16(27-3)6-8-20(17)30-22)21(26)15-5-7-18-19(13-15)29-12-11-28-18/h5-8,13-14H,4,9-12H2,1-3H3. The molecule has 0 N–H and O–H groups in total. The lowest BCUT2D eigenvalue weighted by Gasteiger charge is -2.23. The molecule has 1 aliphatic heterocycles. The van der Waals surface area contributed by atoms with Crippen LogP contribution in [0.1, 0.15) is 16.8 Å². The Morgan fingerprint density at radius 2 is 1.90 bits per heavy atom. The third kappa shape index (κ3) is 4.34. The fraction of sp³-hybridized carbons (Fsp3) is 0.364. The van der Waals surface area contributed by atoms with Gasteiger partial charge < -0.3 is 19.1 Å². The first-order valence-electron chi connectivity index (χ1n) is 9.86. The molecular weight excluding hydrogens is 402 g/mol. The molecule has 0 saturated carbocycles. The van der Waals surface area contributed by atoms with E-state index in [1.54, 1.807) is 30.2 Å². The molecule has 4 rings (SSSR count). The number of ether oxygens (including phenoxy) is 3. The molecule has 0 fully saturated rings. The van der Waals surface area contributed by atoms with Crippen molar-refractivity contribution in [3.8, 4) is 17.2 Å². The van der Waals surface area contributed by atoms with Crippen molar-refractivity contribution in [2.75, 3.05) is 52.4 Å². The molecule has 1 amide bonds. The predicted molar refractivity (Wildman–Crippen MR) is 118 cm³/mol. The minimum absolute atomic E-state index is 0.100. The van der Waals surface area contributed by atoms with Crippen molar-refractivity contribution in [1.82, 2.24) is 9.88 Å². The quantitative estimate of drug-likeness (QED) is 0.573. The lowest BCUT2D eigenvalue weighted by Crippen LogP contribution is -2.33. The summed E-state index contributed by atoms with van der Waals surface area (Å²) in [6, 6.07) is 11.1. The van der Waals surface area contributed by atoms with Crippen molar-refractivity contribution in [3.63, 3.8) is 0 Å². The van der Waals surface area contributed by atoms with Gasteiger partial charge in [0.05, 0.1) is 17.3 Å². The highest BCUT2D eigenvalue weighted by Crippen LogP contribution is 2.34. The minimum atomic E-state index is -0.100. The van der Waals surface area contributed by atoms with E-state index in [9.17, 15) is 4.79 Å². The second kappa shape index (κ2) is 8.89. The van der Waals surface area contributed by atoms with E-state index in [2.05, 4.69) is 4.90 Å². The van der Waals surface area contributed by atoms with E-state index in [0.717, 1.165) is 28.9 Å². The summed E-state index contributed by atoms with van der Waals surface area (Å²) in [5, 5.41) is 0.678. The molecule has 8 heteroatoms. The molecule has 1 aromatic heterocycles. The van der Waals surface area contributed by atoms with Gasteiger partial charge in [-0.25, -0.2) is 4.98 Å². The van der Waals surface area contributed by atoms with Crippen molar-refractivity contribution < 1.29 is 19.0 Å². The van der Waals surface area contributed by atoms with Crippen molar-refractivity contribution >= 4 is 32.6 Å². The minimum Gasteiger partial charge on any atom is -0.497 e. The molecule has 0 unspecified atom stereocenters. The normalized spacial score (nSPS) is 12.9. The number of nitrogens with zero attached hydrogens (tertiary/aromatic N) is 3. The van der Waals surface area contributed by atoms with Crippen LogP contribution in [0, 0.1) is 0 Å². The number of carbonyl (C=O) groups excluding carboxylic acids is 1. The van der Waals surface area contributed by atoms with Crippen LogP contribution in [-0.2, 0) is 0 Å². The van der Waals surface area contributed by atoms with Gasteiger partial charge in [0.2, 0.25) is 0 Å². The van der Waals surface area contributed by atoms with Crippen LogP contribution in [0.25, 0.3) is 10.2 Å². The fourth-order valence-electron chi connectivity index (χ4n) is 3.30. The van der Waals surface area contributed by atoms with Crippen LogP contribution >= 0.6 is 11.3 Å². The van der Waals surface area contributed by atoms with Gasteiger partial charge >= 0.3 is 0 Å². The summed E-state index contributed by atoms with van der Waals surface area (Å²) in [5.41, 5.74) is 1.38. The maximum absolute atomic E-state index is 13.5. The first-order chi connectivity index (χ1) is 14.5. The van der Waals surface area contributed by atoms with Crippen molar-refractivity contribution in [2.24, 2.45) is 0 Å². The van der Waals surface area contributed by atoms with Crippen LogP contribution in [0.4, 0.5) is 5.13 Å². The van der Waals surface area contributed by atoms with Gasteiger partial charge in [-0.2, -0.15) is 0 Å². The van der Waals surface area contributed by atoms with Gasteiger partial charge in [0.15, 0.2) is 16.6 Å². The average Bonchev–Trinajstić information content (AvgIpc) is 3.18. The maximum Gasteiger partial charge on any atom is 0.260 e. The SMILES string of the molecule is COc1ccc2sc(N(CCCN(C)C)C(=O)c3ccc4c(c3)OCCO4)nc2c1. The zero-order chi connectivity index (χ0) is 21.1. The maximum atomic E-state index is 13.5. The molecule has 0 saturated heterocycles. The molecule has 7 nitrogen and oxygen atoms in total. The van der Waals surface area contributed by atoms with Crippen LogP contribution in [0.3, 0.4) is 0 Å². The lowest BCUT2D eigenvalue weighted by molar-refractivity contribution is 0.0984. The van der Waals surface area contributed by atoms with E-state index >= 15 is 0 Å². The van der Waals surface area contributed by atoms with Crippen LogP contribution in [0.2, 0.25) is 0 Å². The predicted octanol–water partition coefficient (Wildman–Crippen LogP) is 3.67. The highest BCUT2D eigenvalue weighted by Gasteiger charge is 2.23. The first kappa shape index (κ1) is 20.4. The van der Waals surface area contributed by atoms with E-state index in [-0.39, 0.29) is 5.91 Å². The number of methoxy groups -OCH3 is 1. The number of amides is 1. The summed E-state index contributed by atoms with van der Waals surface area (Å²) in [6.07, 6.45) is 0.836. The van der Waals surface area contributed by atoms with Crippen LogP contribution in [0.5, 0.6) is 17.2 Å². The molecule has 2 aromatic carbocycles. The molecule has 158 valence electrons. The van der Waals surface area contributed by atoms with Crippen molar-refractivity contribution in [1.29, 1.82) is 0 Å². The lowest BCUT2D eigenvalue weighted by atomic mass is 10.1. The second-order valence-electron chi connectivity index (χ2n) is 7.30. The smallest absolute Gasteiger partial charge is 0.260 e. The number of hydrogen-bond donors (Lipinski definition) is 0. The molecule has 30 heavy (non-hydrogen) atoms. The largest absolute Gasteiger partial charge is 0.497 e. The van der Waals surface area contributed by atoms with Crippen molar-refractivity contribution in [3.05, 3.63) is 42.0 Å². The Hall–Kier alpha value is -2.84. The Bertz CT molecular complexity index is 1050. The molecule has 0 aliphatic carbocycles. The highest BCUT2D eigenvalue weighted by atomic mass is 32.1. The van der Waals surface area contributed by atoms with Crippen LogP contribution in [-0.4, -0.2) is 63.3 Å². The molecule has 0 radical (unpaired) electrons. The Kier molecular flexibility index (Phi) is 6.06. The number of carbonyl (C=O) groups is 1. The molecule has 0 bridgehead atoms. The van der Waals surface area contributed by atoms with Gasteiger partial charge in [-0.1, -0.05) is 11.3 Å². The molecule has 0 atom stereocenters. The summed E-state index contributed by atoms with van der Waals surface area (Å²) in [7, 11) is 5.68. The molecule has 3 aromatic rings. The fourth-order valence-corrected chi connectivity index (χ4v) is 4.27. The summed E-state index contributed by atoms with van der Waals surface area (Å²) in [5.74, 6) is 1.92. The topological polar surface area (TPSA) is 64.1 Å². The molecule has 1 aliphatic rings. The molecule has 2 heterocycles. The number of hydrogen-bond acceptors (Lipinski definition) is 7. The Morgan fingerprint density at radius 1 is 1.10 bits per heavy atom. The summed E-state index contributed by atoms with van der Waals surface area (Å²) >= 11 is 1.50. The number of fused-ring (bicyclic) bond motifs is 2. The van der Waals surface area contributed by atoms with Gasteiger partial charge in [0, 0.05) is 18.2 Å². The van der Waals surface area contributed by atoms with E-state index in [1.165, 1.54) is 11.3 Å². The Morgan fingerprint density at radius 3 is 2.67 bits per heavy atom. The van der Waals surface area contributed by atoms with E-state index in [0.29, 0.717) is 42.0 Å². The zero-order valence-electron chi connectivity index (χ0n) is 17.4. The summed E-state index contributed by atoms with van der Waals surface area (Å²) in [4.78, 5) is 22.1. The number of aromatic nitrogens is 1. The average molecular weight is 428 g/mol. The third-order valence-corrected chi connectivity index (χ3v) is 5.90. The van der Waals surface area contributed by atoms with E-state index in [1.807, 2.05) is 32.3 Å². The Balaban J connectivity index is 1.66. The molecular formula is C22H25N3O4S. The number of anilines is 1. The Labute approximate surface area is 179 Å². The third-order valence-electron chi connectivity index (χ3n) is 4.84. The monoisotopic (exact) mass is 427 g/mol. The van der Waals surface area contributed by atoms with Crippen LogP contribution < -0.4 is 19.1 Å². The van der Waals surface area contributed by atoms with Crippen molar-refractivity contribution in [2.45, 2.75) is 6.42 Å². The highest BCUT2D eigenvalue weighted by molar-refractivity contribution is 7.22. The first-order valence-corrected chi connectivity index (χ1v) is 10.7. The van der Waals surface area contributed by atoms with E-state index in [4.69, 9.17) is 19.2 Å². The van der Waals surface area contributed by atoms with E-state index < -0.39 is 0 Å². The second-order valence-corrected chi connectivity index (χ2v) is 8.31. The van der Waals surface area contributed by atoms with Gasteiger partial charge in [-0.15, -0.1) is 0 Å².